The van der Waals surface area contributed by atoms with Gasteiger partial charge in [-0.15, -0.1) is 0 Å². The van der Waals surface area contributed by atoms with Gasteiger partial charge in [0.25, 0.3) is 0 Å². The van der Waals surface area contributed by atoms with Gasteiger partial charge in [-0.3, -0.25) is 14.4 Å². The Bertz CT molecular complexity index is 851. The van der Waals surface area contributed by atoms with Gasteiger partial charge in [-0.1, -0.05) is 30.3 Å². The Kier molecular flexibility index (Phi) is 4.75. The van der Waals surface area contributed by atoms with E-state index in [1.165, 1.54) is 6.92 Å². The van der Waals surface area contributed by atoms with Gasteiger partial charge in [0.2, 0.25) is 11.8 Å². The molecule has 134 valence electrons. The molecular weight excluding hydrogens is 332 g/mol. The van der Waals surface area contributed by atoms with Crippen molar-refractivity contribution >= 4 is 29.2 Å². The summed E-state index contributed by atoms with van der Waals surface area (Å²) in [6.45, 7) is 1.40. The second kappa shape index (κ2) is 7.00. The number of carbonyl (C=O) groups excluding carboxylic acids is 2. The maximum atomic E-state index is 12.5. The topological polar surface area (TPSA) is 95.5 Å². The van der Waals surface area contributed by atoms with Crippen molar-refractivity contribution < 1.29 is 19.5 Å². The number of carboxylic acids is 1. The van der Waals surface area contributed by atoms with Crippen molar-refractivity contribution in [3.8, 4) is 0 Å². The number of benzene rings is 2. The van der Waals surface area contributed by atoms with Crippen molar-refractivity contribution in [3.63, 3.8) is 0 Å². The molecule has 26 heavy (non-hydrogen) atoms. The van der Waals surface area contributed by atoms with E-state index in [1.54, 1.807) is 24.3 Å². The number of hydrogen-bond donors (Lipinski definition) is 3. The van der Waals surface area contributed by atoms with Gasteiger partial charge in [-0.25, -0.2) is 0 Å². The Morgan fingerprint density at radius 3 is 2.08 bits per heavy atom. The highest BCUT2D eigenvalue weighted by Crippen LogP contribution is 2.40. The van der Waals surface area contributed by atoms with Gasteiger partial charge < -0.3 is 15.7 Å². The first-order valence-electron chi connectivity index (χ1n) is 8.36. The van der Waals surface area contributed by atoms with E-state index < -0.39 is 11.4 Å². The van der Waals surface area contributed by atoms with E-state index in [-0.39, 0.29) is 18.2 Å². The highest BCUT2D eigenvalue weighted by Gasteiger charge is 2.45. The molecule has 3 N–H and O–H groups in total. The van der Waals surface area contributed by atoms with Crippen molar-refractivity contribution in [2.75, 3.05) is 10.6 Å². The first-order chi connectivity index (χ1) is 12.4. The zero-order valence-electron chi connectivity index (χ0n) is 14.4. The van der Waals surface area contributed by atoms with Crippen molar-refractivity contribution in [3.05, 3.63) is 59.7 Å². The maximum absolute atomic E-state index is 12.5. The summed E-state index contributed by atoms with van der Waals surface area (Å²) in [6.07, 6.45) is 0.580. The van der Waals surface area contributed by atoms with Crippen molar-refractivity contribution in [1.82, 2.24) is 0 Å². The van der Waals surface area contributed by atoms with Crippen molar-refractivity contribution in [1.29, 1.82) is 0 Å². The largest absolute Gasteiger partial charge is 0.481 e. The Hall–Kier alpha value is -3.15. The summed E-state index contributed by atoms with van der Waals surface area (Å²) < 4.78 is 0. The summed E-state index contributed by atoms with van der Waals surface area (Å²) in [4.78, 5) is 35.6. The lowest BCUT2D eigenvalue weighted by Crippen LogP contribution is -2.36. The van der Waals surface area contributed by atoms with Crippen LogP contribution < -0.4 is 10.6 Å². The number of hydrogen-bond acceptors (Lipinski definition) is 3. The van der Waals surface area contributed by atoms with Crippen LogP contribution in [-0.2, 0) is 27.2 Å². The smallest absolute Gasteiger partial charge is 0.310 e. The molecule has 2 aromatic rings. The number of fused-ring (bicyclic) bond motifs is 1. The molecule has 2 aromatic carbocycles. The van der Waals surface area contributed by atoms with Crippen LogP contribution in [0, 0.1) is 5.41 Å². The number of nitrogens with one attached hydrogen (secondary N) is 2. The van der Waals surface area contributed by atoms with Crippen LogP contribution in [0.4, 0.5) is 11.4 Å². The summed E-state index contributed by atoms with van der Waals surface area (Å²) in [5, 5.41) is 15.1. The van der Waals surface area contributed by atoms with Crippen LogP contribution in [0.5, 0.6) is 0 Å². The molecule has 0 radical (unpaired) electrons. The minimum absolute atomic E-state index is 0.110. The lowest BCUT2D eigenvalue weighted by molar-refractivity contribution is -0.150. The van der Waals surface area contributed by atoms with Gasteiger partial charge in [0.05, 0.1) is 5.41 Å². The van der Waals surface area contributed by atoms with Crippen LogP contribution in [0.25, 0.3) is 0 Å². The molecule has 0 aliphatic heterocycles. The van der Waals surface area contributed by atoms with E-state index in [2.05, 4.69) is 10.6 Å². The average Bonchev–Trinajstić information content (AvgIpc) is 2.93. The van der Waals surface area contributed by atoms with E-state index in [1.807, 2.05) is 24.3 Å². The molecule has 0 saturated heterocycles. The minimum atomic E-state index is -1.12. The molecule has 0 unspecified atom stereocenters. The van der Waals surface area contributed by atoms with Crippen molar-refractivity contribution in [2.45, 2.75) is 26.2 Å². The number of carboxylic acid groups (broad SMARTS) is 1. The van der Waals surface area contributed by atoms with Crippen LogP contribution in [0.3, 0.4) is 0 Å². The summed E-state index contributed by atoms with van der Waals surface area (Å²) >= 11 is 0. The number of rotatable bonds is 5. The van der Waals surface area contributed by atoms with Gasteiger partial charge in [0.1, 0.15) is 0 Å². The van der Waals surface area contributed by atoms with Crippen molar-refractivity contribution in [2.24, 2.45) is 5.41 Å². The monoisotopic (exact) mass is 352 g/mol. The molecule has 0 fully saturated rings. The molecule has 0 spiro atoms. The molecule has 0 bridgehead atoms. The highest BCUT2D eigenvalue weighted by molar-refractivity contribution is 5.96. The molecule has 0 atom stereocenters. The lowest BCUT2D eigenvalue weighted by Gasteiger charge is -2.23. The fourth-order valence-corrected chi connectivity index (χ4v) is 3.44. The number of anilines is 2. The molecule has 0 saturated carbocycles. The molecule has 0 aromatic heterocycles. The highest BCUT2D eigenvalue weighted by atomic mass is 16.4. The number of amides is 2. The van der Waals surface area contributed by atoms with Gasteiger partial charge in [-0.2, -0.15) is 0 Å². The van der Waals surface area contributed by atoms with Gasteiger partial charge in [0, 0.05) is 24.7 Å². The summed E-state index contributed by atoms with van der Waals surface area (Å²) in [7, 11) is 0. The molecule has 6 nitrogen and oxygen atoms in total. The number of aliphatic carboxylic acids is 1. The standard InChI is InChI=1S/C20H20N2O4/c1-13(23)21-16-7-4-8-17(9-16)22-18(24)12-20(19(25)26)10-14-5-2-3-6-15(14)11-20/h2-9H,10-12H2,1H3,(H,21,23)(H,22,24)(H,25,26). The Balaban J connectivity index is 1.73. The van der Waals surface area contributed by atoms with Gasteiger partial charge in [0.15, 0.2) is 0 Å². The molecule has 0 heterocycles. The van der Waals surface area contributed by atoms with Crippen LogP contribution in [0.15, 0.2) is 48.5 Å². The number of carbonyl (C=O) groups is 3. The van der Waals surface area contributed by atoms with E-state index in [0.29, 0.717) is 24.2 Å². The van der Waals surface area contributed by atoms with E-state index in [9.17, 15) is 19.5 Å². The first kappa shape index (κ1) is 17.7. The fraction of sp³-hybridized carbons (Fsp3) is 0.250. The first-order valence-corrected chi connectivity index (χ1v) is 8.36. The zero-order valence-corrected chi connectivity index (χ0v) is 14.4. The quantitative estimate of drug-likeness (QED) is 0.771. The minimum Gasteiger partial charge on any atom is -0.481 e. The van der Waals surface area contributed by atoms with Crippen LogP contribution in [-0.4, -0.2) is 22.9 Å². The maximum Gasteiger partial charge on any atom is 0.310 e. The average molecular weight is 352 g/mol. The third kappa shape index (κ3) is 3.74. The Morgan fingerprint density at radius 1 is 0.962 bits per heavy atom. The third-order valence-electron chi connectivity index (χ3n) is 4.60. The molecule has 2 amide bonds. The predicted octanol–water partition coefficient (Wildman–Crippen LogP) is 2.84. The van der Waals surface area contributed by atoms with Crippen LogP contribution in [0.1, 0.15) is 24.5 Å². The van der Waals surface area contributed by atoms with Crippen LogP contribution >= 0.6 is 0 Å². The second-order valence-corrected chi connectivity index (χ2v) is 6.69. The molecule has 6 heteroatoms. The van der Waals surface area contributed by atoms with Gasteiger partial charge >= 0.3 is 5.97 Å². The van der Waals surface area contributed by atoms with E-state index in [4.69, 9.17) is 0 Å². The zero-order chi connectivity index (χ0) is 18.7. The second-order valence-electron chi connectivity index (χ2n) is 6.69. The van der Waals surface area contributed by atoms with Gasteiger partial charge in [-0.05, 0) is 42.2 Å². The normalized spacial score (nSPS) is 14.3. The predicted molar refractivity (Wildman–Crippen MR) is 97.9 cm³/mol. The molecular formula is C20H20N2O4. The van der Waals surface area contributed by atoms with E-state index >= 15 is 0 Å². The van der Waals surface area contributed by atoms with Crippen LogP contribution in [0.2, 0.25) is 0 Å². The SMILES string of the molecule is CC(=O)Nc1cccc(NC(=O)CC2(C(=O)O)Cc3ccccc3C2)c1. The summed E-state index contributed by atoms with van der Waals surface area (Å²) in [5.74, 6) is -1.53. The third-order valence-corrected chi connectivity index (χ3v) is 4.60. The summed E-state index contributed by atoms with van der Waals surface area (Å²) in [6, 6.07) is 14.3. The van der Waals surface area contributed by atoms with E-state index in [0.717, 1.165) is 11.1 Å². The fourth-order valence-electron chi connectivity index (χ4n) is 3.44. The summed E-state index contributed by atoms with van der Waals surface area (Å²) in [5.41, 5.74) is 1.92. The molecule has 3 rings (SSSR count). The molecule has 1 aliphatic rings. The lowest BCUT2D eigenvalue weighted by atomic mass is 9.81. The Morgan fingerprint density at radius 2 is 1.54 bits per heavy atom. The Labute approximate surface area is 151 Å². The molecule has 1 aliphatic carbocycles.